The summed E-state index contributed by atoms with van der Waals surface area (Å²) >= 11 is 0. The fraction of sp³-hybridized carbons (Fsp3) is 0.455. The second-order valence-electron chi connectivity index (χ2n) is 16.0. The smallest absolute Gasteiger partial charge is 0.402 e. The number of aliphatic hydroxyl groups is 10. The van der Waals surface area contributed by atoms with Crippen molar-refractivity contribution < 1.29 is 119 Å². The lowest BCUT2D eigenvalue weighted by molar-refractivity contribution is -0.357. The molecule has 3 aliphatic rings. The molecule has 7 rings (SSSR count). The van der Waals surface area contributed by atoms with Crippen LogP contribution >= 0.6 is 0 Å². The molecule has 1 aromatic heterocycles. The number of phenols is 4. The van der Waals surface area contributed by atoms with Gasteiger partial charge >= 0.3 is 17.3 Å². The molecule has 3 fully saturated rings. The molecule has 0 bridgehead atoms. The highest BCUT2D eigenvalue weighted by Crippen LogP contribution is 2.45. The molecular formula is C44H51O24+. The molecule has 3 aromatic carbocycles. The van der Waals surface area contributed by atoms with Crippen LogP contribution in [0.15, 0.2) is 59.0 Å². The van der Waals surface area contributed by atoms with Crippen LogP contribution < -0.4 is 14.2 Å². The van der Waals surface area contributed by atoms with E-state index in [1.807, 2.05) is 0 Å². The molecule has 24 heteroatoms. The second-order valence-corrected chi connectivity index (χ2v) is 16.0. The SMILES string of the molecule is COc1cc(C=CC(=O)OC[C@H]2O[C@@H](Oc3cc4c([C@@H]5O[C@H](CO)[C@@H](O)[C@H](O)[C@H]5O)cc(O)cc4[o+]c3-c3ccc(O)c(O)c3)[C@H](O[C@@H]3O[C@H](CO)[C@@H](O)[C@H](O)[C@H]3O)[C@@H](O)[C@@H]2O)cc(OC)c1O. The summed E-state index contributed by atoms with van der Waals surface area (Å²) in [6.45, 7) is -2.46. The topological polar surface area (TPSA) is 385 Å². The predicted molar refractivity (Wildman–Crippen MR) is 225 cm³/mol. The molecule has 0 saturated carbocycles. The average molecular weight is 964 g/mol. The molecule has 0 aliphatic carbocycles. The molecular weight excluding hydrogens is 912 g/mol. The number of carbonyl (C=O) groups is 1. The summed E-state index contributed by atoms with van der Waals surface area (Å²) < 4.78 is 51.5. The quantitative estimate of drug-likeness (QED) is 0.0281. The molecule has 68 heavy (non-hydrogen) atoms. The number of hydrogen-bond donors (Lipinski definition) is 14. The van der Waals surface area contributed by atoms with Crippen LogP contribution in [0.3, 0.4) is 0 Å². The Bertz CT molecular complexity index is 2420. The number of hydrogen-bond acceptors (Lipinski definition) is 23. The van der Waals surface area contributed by atoms with Crippen LogP contribution in [0.1, 0.15) is 17.2 Å². The van der Waals surface area contributed by atoms with Gasteiger partial charge in [0, 0.05) is 23.8 Å². The Morgan fingerprint density at radius 2 is 1.28 bits per heavy atom. The number of carbonyl (C=O) groups excluding carboxylic acids is 1. The van der Waals surface area contributed by atoms with Crippen molar-refractivity contribution in [3.05, 3.63) is 65.7 Å². The van der Waals surface area contributed by atoms with Gasteiger partial charge in [0.15, 0.2) is 35.4 Å². The Kier molecular flexibility index (Phi) is 15.4. The Morgan fingerprint density at radius 1 is 0.662 bits per heavy atom. The zero-order chi connectivity index (χ0) is 49.3. The van der Waals surface area contributed by atoms with Crippen LogP contribution in [0.5, 0.6) is 40.2 Å². The number of methoxy groups -OCH3 is 2. The van der Waals surface area contributed by atoms with Gasteiger partial charge in [-0.05, 0) is 42.0 Å². The van der Waals surface area contributed by atoms with Gasteiger partial charge in [-0.15, -0.1) is 0 Å². The minimum absolute atomic E-state index is 0.0149. The summed E-state index contributed by atoms with van der Waals surface area (Å²) in [6, 6.07) is 9.69. The van der Waals surface area contributed by atoms with Gasteiger partial charge in [-0.25, -0.2) is 9.21 Å². The van der Waals surface area contributed by atoms with Crippen LogP contribution in [0, 0.1) is 0 Å². The van der Waals surface area contributed by atoms with Crippen LogP contribution in [0.4, 0.5) is 0 Å². The first-order valence-corrected chi connectivity index (χ1v) is 20.8. The lowest BCUT2D eigenvalue weighted by Gasteiger charge is -2.45. The summed E-state index contributed by atoms with van der Waals surface area (Å²) in [5, 5.41) is 149. The second kappa shape index (κ2) is 20.9. The molecule has 0 radical (unpaired) electrons. The monoisotopic (exact) mass is 963 g/mol. The lowest BCUT2D eigenvalue weighted by atomic mass is 9.89. The van der Waals surface area contributed by atoms with Gasteiger partial charge in [0.2, 0.25) is 17.8 Å². The summed E-state index contributed by atoms with van der Waals surface area (Å²) in [5.74, 6) is -3.57. The zero-order valence-corrected chi connectivity index (χ0v) is 35.9. The van der Waals surface area contributed by atoms with E-state index in [0.717, 1.165) is 30.3 Å². The van der Waals surface area contributed by atoms with E-state index in [2.05, 4.69) is 0 Å². The Morgan fingerprint density at radius 3 is 1.91 bits per heavy atom. The molecule has 3 saturated heterocycles. The van der Waals surface area contributed by atoms with Crippen molar-refractivity contribution in [2.75, 3.05) is 34.0 Å². The van der Waals surface area contributed by atoms with E-state index in [-0.39, 0.29) is 45.1 Å². The highest BCUT2D eigenvalue weighted by Gasteiger charge is 2.53. The number of ether oxygens (including phenoxy) is 8. The summed E-state index contributed by atoms with van der Waals surface area (Å²) in [7, 11) is 2.61. The lowest BCUT2D eigenvalue weighted by Crippen LogP contribution is -2.65. The Hall–Kier alpha value is -5.68. The fourth-order valence-electron chi connectivity index (χ4n) is 7.91. The van der Waals surface area contributed by atoms with Crippen molar-refractivity contribution in [2.45, 2.75) is 91.9 Å². The van der Waals surface area contributed by atoms with Crippen molar-refractivity contribution in [1.82, 2.24) is 0 Å². The average Bonchev–Trinajstić information content (AvgIpc) is 3.32. The Labute approximate surface area is 384 Å². The minimum Gasteiger partial charge on any atom is -0.508 e. The van der Waals surface area contributed by atoms with Crippen molar-refractivity contribution >= 4 is 23.0 Å². The minimum atomic E-state index is -2.10. The number of fused-ring (bicyclic) bond motifs is 1. The maximum absolute atomic E-state index is 13.0. The van der Waals surface area contributed by atoms with E-state index in [4.69, 9.17) is 42.3 Å². The third-order valence-electron chi connectivity index (χ3n) is 11.6. The van der Waals surface area contributed by atoms with Gasteiger partial charge in [0.05, 0.1) is 44.4 Å². The van der Waals surface area contributed by atoms with Gasteiger partial charge < -0.3 is 109 Å². The molecule has 4 heterocycles. The van der Waals surface area contributed by atoms with Gasteiger partial charge in [0.25, 0.3) is 0 Å². The third kappa shape index (κ3) is 10.1. The van der Waals surface area contributed by atoms with E-state index in [0.29, 0.717) is 5.56 Å². The normalized spacial score (nSPS) is 32.0. The number of benzene rings is 3. The van der Waals surface area contributed by atoms with Crippen molar-refractivity contribution in [1.29, 1.82) is 0 Å². The first-order chi connectivity index (χ1) is 32.4. The molecule has 0 unspecified atom stereocenters. The summed E-state index contributed by atoms with van der Waals surface area (Å²) in [4.78, 5) is 13.0. The highest BCUT2D eigenvalue weighted by atomic mass is 16.8. The van der Waals surface area contributed by atoms with E-state index in [1.165, 1.54) is 44.6 Å². The molecule has 24 nitrogen and oxygen atoms in total. The Balaban J connectivity index is 1.28. The molecule has 3 aliphatic heterocycles. The maximum atomic E-state index is 13.0. The maximum Gasteiger partial charge on any atom is 0.402 e. The molecule has 0 amide bonds. The number of esters is 1. The van der Waals surface area contributed by atoms with E-state index < -0.39 is 141 Å². The number of aliphatic hydroxyl groups excluding tert-OH is 10. The van der Waals surface area contributed by atoms with Gasteiger partial charge in [-0.3, -0.25) is 0 Å². The third-order valence-corrected chi connectivity index (χ3v) is 11.6. The van der Waals surface area contributed by atoms with E-state index in [1.54, 1.807) is 0 Å². The van der Waals surface area contributed by atoms with Gasteiger partial charge in [-0.2, -0.15) is 0 Å². The summed E-state index contributed by atoms with van der Waals surface area (Å²) in [6.07, 6.45) is -25.2. The fourth-order valence-corrected chi connectivity index (χ4v) is 7.91. The van der Waals surface area contributed by atoms with Crippen LogP contribution in [0.25, 0.3) is 28.4 Å². The first-order valence-electron chi connectivity index (χ1n) is 20.8. The van der Waals surface area contributed by atoms with Crippen LogP contribution in [-0.4, -0.2) is 197 Å². The van der Waals surface area contributed by atoms with Crippen molar-refractivity contribution in [3.63, 3.8) is 0 Å². The molecule has 14 N–H and O–H groups in total. The standard InChI is InChI=1S/C44H50O24/c1-60-24-7-16(8-25(61-2)31(24)51)3-6-30(50)62-15-29-34(54)37(57)42(68-43-39(59)36(56)33(53)28(14-46)66-43)44(67-29)65-26-12-19-20(41-38(58)35(55)32(52)27(13-45)64-41)10-18(47)11-23(19)63-40(26)17-4-5-21(48)22(49)9-17/h3-12,27-29,32-39,41-46,52-59H,13-15H2,1-2H3,(H3-,47,48,49,50,51)/p+1/t27-,28-,29-,32-,33-,34-,35+,36+,37+,38-,39-,41+,42-,43+,44-/m1/s1. The van der Waals surface area contributed by atoms with Gasteiger partial charge in [0.1, 0.15) is 85.6 Å². The number of aromatic hydroxyl groups is 4. The van der Waals surface area contributed by atoms with Crippen molar-refractivity contribution in [2.24, 2.45) is 0 Å². The highest BCUT2D eigenvalue weighted by molar-refractivity contribution is 5.88. The van der Waals surface area contributed by atoms with E-state index >= 15 is 0 Å². The van der Waals surface area contributed by atoms with Crippen LogP contribution in [-0.2, 0) is 28.5 Å². The first kappa shape index (κ1) is 50.2. The number of phenolic OH excluding ortho intramolecular Hbond substituents is 4. The largest absolute Gasteiger partial charge is 0.508 e. The van der Waals surface area contributed by atoms with Gasteiger partial charge in [-0.1, -0.05) is 0 Å². The van der Waals surface area contributed by atoms with Crippen molar-refractivity contribution in [3.8, 4) is 51.6 Å². The predicted octanol–water partition coefficient (Wildman–Crippen LogP) is -2.00. The number of rotatable bonds is 14. The van der Waals surface area contributed by atoms with Crippen LogP contribution in [0.2, 0.25) is 0 Å². The molecule has 4 aromatic rings. The summed E-state index contributed by atoms with van der Waals surface area (Å²) in [5.41, 5.74) is 0.0617. The molecule has 0 spiro atoms. The molecule has 15 atom stereocenters. The zero-order valence-electron chi connectivity index (χ0n) is 35.9. The van der Waals surface area contributed by atoms with E-state index in [9.17, 15) is 76.3 Å². The molecule has 370 valence electrons.